The SMILES string of the molecule is CC1(N2CC=CC2)CCNCC1. The van der Waals surface area contributed by atoms with Crippen LogP contribution in [-0.4, -0.2) is 36.6 Å². The largest absolute Gasteiger partial charge is 0.317 e. The van der Waals surface area contributed by atoms with Crippen LogP contribution in [0.2, 0.25) is 0 Å². The van der Waals surface area contributed by atoms with E-state index in [2.05, 4.69) is 29.3 Å². The fraction of sp³-hybridized carbons (Fsp3) is 0.800. The minimum atomic E-state index is 0.467. The van der Waals surface area contributed by atoms with Crippen LogP contribution in [0.3, 0.4) is 0 Å². The van der Waals surface area contributed by atoms with Crippen LogP contribution in [-0.2, 0) is 0 Å². The molecule has 2 heterocycles. The zero-order valence-corrected chi connectivity index (χ0v) is 7.84. The molecule has 2 heteroatoms. The molecule has 2 nitrogen and oxygen atoms in total. The Labute approximate surface area is 74.6 Å². The number of hydrogen-bond donors (Lipinski definition) is 1. The van der Waals surface area contributed by atoms with Crippen molar-refractivity contribution in [3.05, 3.63) is 12.2 Å². The van der Waals surface area contributed by atoms with Gasteiger partial charge in [0.1, 0.15) is 0 Å². The quantitative estimate of drug-likeness (QED) is 0.585. The van der Waals surface area contributed by atoms with Crippen molar-refractivity contribution in [3.63, 3.8) is 0 Å². The van der Waals surface area contributed by atoms with Gasteiger partial charge in [0.25, 0.3) is 0 Å². The van der Waals surface area contributed by atoms with Crippen LogP contribution in [0.1, 0.15) is 19.8 Å². The first-order chi connectivity index (χ1) is 5.81. The third kappa shape index (κ3) is 1.41. The minimum absolute atomic E-state index is 0.467. The van der Waals surface area contributed by atoms with Gasteiger partial charge in [-0.05, 0) is 32.9 Å². The predicted octanol–water partition coefficient (Wildman–Crippen LogP) is 1.00. The molecule has 68 valence electrons. The molecule has 0 aromatic carbocycles. The van der Waals surface area contributed by atoms with Crippen molar-refractivity contribution in [3.8, 4) is 0 Å². The fourth-order valence-corrected chi connectivity index (χ4v) is 2.20. The zero-order valence-electron chi connectivity index (χ0n) is 7.84. The van der Waals surface area contributed by atoms with Gasteiger partial charge in [0, 0.05) is 18.6 Å². The Morgan fingerprint density at radius 1 is 1.17 bits per heavy atom. The molecule has 0 atom stereocenters. The number of piperidine rings is 1. The molecule has 1 N–H and O–H groups in total. The first-order valence-corrected chi connectivity index (χ1v) is 4.92. The van der Waals surface area contributed by atoms with E-state index in [9.17, 15) is 0 Å². The van der Waals surface area contributed by atoms with Crippen molar-refractivity contribution in [2.75, 3.05) is 26.2 Å². The molecule has 2 aliphatic heterocycles. The summed E-state index contributed by atoms with van der Waals surface area (Å²) in [6.07, 6.45) is 7.17. The first-order valence-electron chi connectivity index (χ1n) is 4.92. The van der Waals surface area contributed by atoms with E-state index in [1.807, 2.05) is 0 Å². The summed E-state index contributed by atoms with van der Waals surface area (Å²) in [5.41, 5.74) is 0.467. The predicted molar refractivity (Wildman–Crippen MR) is 51.2 cm³/mol. The molecular weight excluding hydrogens is 148 g/mol. The average Bonchev–Trinajstić information content (AvgIpc) is 2.58. The normalized spacial score (nSPS) is 29.4. The van der Waals surface area contributed by atoms with E-state index in [0.29, 0.717) is 5.54 Å². The monoisotopic (exact) mass is 166 g/mol. The van der Waals surface area contributed by atoms with Crippen LogP contribution in [0.25, 0.3) is 0 Å². The standard InChI is InChI=1S/C10H18N2/c1-10(4-6-11-7-5-10)12-8-2-3-9-12/h2-3,11H,4-9H2,1H3. The molecule has 0 aromatic heterocycles. The van der Waals surface area contributed by atoms with Crippen molar-refractivity contribution in [1.29, 1.82) is 0 Å². The lowest BCUT2D eigenvalue weighted by Gasteiger charge is -2.42. The highest BCUT2D eigenvalue weighted by Gasteiger charge is 2.32. The summed E-state index contributed by atoms with van der Waals surface area (Å²) in [4.78, 5) is 2.59. The molecule has 1 saturated heterocycles. The number of nitrogens with one attached hydrogen (secondary N) is 1. The van der Waals surface area contributed by atoms with Gasteiger partial charge in [-0.1, -0.05) is 12.2 Å². The molecule has 0 radical (unpaired) electrons. The molecule has 2 rings (SSSR count). The molecule has 0 bridgehead atoms. The smallest absolute Gasteiger partial charge is 0.0212 e. The molecule has 12 heavy (non-hydrogen) atoms. The third-order valence-electron chi connectivity index (χ3n) is 3.26. The molecule has 0 aliphatic carbocycles. The molecule has 1 fully saturated rings. The van der Waals surface area contributed by atoms with Crippen LogP contribution in [0.15, 0.2) is 12.2 Å². The first kappa shape index (κ1) is 8.27. The van der Waals surface area contributed by atoms with Crippen molar-refractivity contribution >= 4 is 0 Å². The van der Waals surface area contributed by atoms with E-state index < -0.39 is 0 Å². The molecule has 2 aliphatic rings. The highest BCUT2D eigenvalue weighted by Crippen LogP contribution is 2.26. The summed E-state index contributed by atoms with van der Waals surface area (Å²) in [6, 6.07) is 0. The highest BCUT2D eigenvalue weighted by atomic mass is 15.2. The molecule has 0 unspecified atom stereocenters. The second-order valence-corrected chi connectivity index (χ2v) is 4.12. The van der Waals surface area contributed by atoms with Crippen LogP contribution in [0.4, 0.5) is 0 Å². The van der Waals surface area contributed by atoms with Gasteiger partial charge < -0.3 is 5.32 Å². The third-order valence-corrected chi connectivity index (χ3v) is 3.26. The molecule has 0 saturated carbocycles. The molecule has 0 spiro atoms. The summed E-state index contributed by atoms with van der Waals surface area (Å²) in [7, 11) is 0. The van der Waals surface area contributed by atoms with Gasteiger partial charge in [0.2, 0.25) is 0 Å². The van der Waals surface area contributed by atoms with E-state index >= 15 is 0 Å². The summed E-state index contributed by atoms with van der Waals surface area (Å²) < 4.78 is 0. The van der Waals surface area contributed by atoms with Crippen LogP contribution in [0.5, 0.6) is 0 Å². The van der Waals surface area contributed by atoms with Crippen molar-refractivity contribution in [2.45, 2.75) is 25.3 Å². The second kappa shape index (κ2) is 3.19. The van der Waals surface area contributed by atoms with Gasteiger partial charge in [0.15, 0.2) is 0 Å². The van der Waals surface area contributed by atoms with Crippen molar-refractivity contribution in [1.82, 2.24) is 10.2 Å². The van der Waals surface area contributed by atoms with E-state index in [1.54, 1.807) is 0 Å². The number of hydrogen-bond acceptors (Lipinski definition) is 2. The molecule has 0 aromatic rings. The van der Waals surface area contributed by atoms with E-state index in [0.717, 1.165) is 13.1 Å². The summed E-state index contributed by atoms with van der Waals surface area (Å²) in [5.74, 6) is 0. The van der Waals surface area contributed by atoms with Crippen LogP contribution >= 0.6 is 0 Å². The van der Waals surface area contributed by atoms with Crippen molar-refractivity contribution in [2.24, 2.45) is 0 Å². The van der Waals surface area contributed by atoms with Crippen molar-refractivity contribution < 1.29 is 0 Å². The zero-order chi connectivity index (χ0) is 8.44. The van der Waals surface area contributed by atoms with Crippen LogP contribution < -0.4 is 5.32 Å². The topological polar surface area (TPSA) is 15.3 Å². The Bertz CT molecular complexity index is 172. The Kier molecular flexibility index (Phi) is 2.20. The van der Waals surface area contributed by atoms with E-state index in [1.165, 1.54) is 25.9 Å². The van der Waals surface area contributed by atoms with Gasteiger partial charge in [-0.25, -0.2) is 0 Å². The van der Waals surface area contributed by atoms with Crippen LogP contribution in [0, 0.1) is 0 Å². The van der Waals surface area contributed by atoms with Gasteiger partial charge >= 0.3 is 0 Å². The fourth-order valence-electron chi connectivity index (χ4n) is 2.20. The van der Waals surface area contributed by atoms with Gasteiger partial charge in [-0.15, -0.1) is 0 Å². The molecule has 0 amide bonds. The second-order valence-electron chi connectivity index (χ2n) is 4.12. The van der Waals surface area contributed by atoms with Gasteiger partial charge in [0.05, 0.1) is 0 Å². The summed E-state index contributed by atoms with van der Waals surface area (Å²) >= 11 is 0. The lowest BCUT2D eigenvalue weighted by molar-refractivity contribution is 0.104. The maximum Gasteiger partial charge on any atom is 0.0212 e. The average molecular weight is 166 g/mol. The summed E-state index contributed by atoms with van der Waals surface area (Å²) in [6.45, 7) is 7.10. The lowest BCUT2D eigenvalue weighted by Crippen LogP contribution is -2.51. The number of rotatable bonds is 1. The molecular formula is C10H18N2. The number of nitrogens with zero attached hydrogens (tertiary/aromatic N) is 1. The maximum atomic E-state index is 3.42. The van der Waals surface area contributed by atoms with E-state index in [-0.39, 0.29) is 0 Å². The highest BCUT2D eigenvalue weighted by molar-refractivity contribution is 5.03. The Balaban J connectivity index is 1.98. The Morgan fingerprint density at radius 3 is 2.33 bits per heavy atom. The minimum Gasteiger partial charge on any atom is -0.317 e. The lowest BCUT2D eigenvalue weighted by atomic mass is 9.89. The van der Waals surface area contributed by atoms with E-state index in [4.69, 9.17) is 0 Å². The Morgan fingerprint density at radius 2 is 1.75 bits per heavy atom. The van der Waals surface area contributed by atoms with Gasteiger partial charge in [-0.3, -0.25) is 4.90 Å². The van der Waals surface area contributed by atoms with Gasteiger partial charge in [-0.2, -0.15) is 0 Å². The Hall–Kier alpha value is -0.340. The summed E-state index contributed by atoms with van der Waals surface area (Å²) in [5, 5.41) is 3.42. The maximum absolute atomic E-state index is 3.42.